The first-order valence-electron chi connectivity index (χ1n) is 8.41. The highest BCUT2D eigenvalue weighted by molar-refractivity contribution is 4.94. The van der Waals surface area contributed by atoms with Crippen molar-refractivity contribution in [2.75, 3.05) is 0 Å². The monoisotopic (exact) mass is 282 g/mol. The van der Waals surface area contributed by atoms with Gasteiger partial charge in [0, 0.05) is 0 Å². The molecule has 0 unspecified atom stereocenters. The van der Waals surface area contributed by atoms with E-state index >= 15 is 0 Å². The maximum atomic E-state index is 2.48. The van der Waals surface area contributed by atoms with Crippen molar-refractivity contribution in [2.24, 2.45) is 22.7 Å². The molecule has 0 spiro atoms. The summed E-state index contributed by atoms with van der Waals surface area (Å²) in [4.78, 5) is 0. The fraction of sp³-hybridized carbons (Fsp3) is 1.00. The second kappa shape index (κ2) is 7.85. The van der Waals surface area contributed by atoms with Crippen LogP contribution in [0.25, 0.3) is 0 Å². The Morgan fingerprint density at radius 1 is 0.550 bits per heavy atom. The molecular weight excluding hydrogens is 240 g/mol. The van der Waals surface area contributed by atoms with E-state index in [-0.39, 0.29) is 14.9 Å². The maximum Gasteiger partial charge on any atom is -0.0325 e. The molecule has 4 aliphatic carbocycles. The van der Waals surface area contributed by atoms with Gasteiger partial charge in [0.15, 0.2) is 0 Å². The summed E-state index contributed by atoms with van der Waals surface area (Å²) in [6.45, 7) is 9.69. The highest BCUT2D eigenvalue weighted by Gasteiger charge is 2.42. The SMILES string of the molecule is C.C.CC12CCC(C)(CC1)CC2.CC1CCC(C)CC1. The molecular formula is C20H42. The fourth-order valence-corrected chi connectivity index (χ4v) is 3.99. The molecule has 2 bridgehead atoms. The average Bonchev–Trinajstić information content (AvgIpc) is 2.36. The smallest absolute Gasteiger partial charge is 0.0325 e. The number of hydrogen-bond acceptors (Lipinski definition) is 0. The van der Waals surface area contributed by atoms with Crippen LogP contribution in [0.2, 0.25) is 0 Å². The Bertz CT molecular complexity index is 205. The van der Waals surface area contributed by atoms with E-state index in [2.05, 4.69) is 27.7 Å². The van der Waals surface area contributed by atoms with Crippen LogP contribution < -0.4 is 0 Å². The molecule has 0 N–H and O–H groups in total. The summed E-state index contributed by atoms with van der Waals surface area (Å²) in [5, 5.41) is 0. The van der Waals surface area contributed by atoms with Gasteiger partial charge in [0.05, 0.1) is 0 Å². The second-order valence-corrected chi connectivity index (χ2v) is 8.49. The average molecular weight is 283 g/mol. The van der Waals surface area contributed by atoms with E-state index in [0.717, 1.165) is 22.7 Å². The molecule has 0 aromatic carbocycles. The predicted molar refractivity (Wildman–Crippen MR) is 94.2 cm³/mol. The number of rotatable bonds is 0. The molecule has 4 saturated carbocycles. The van der Waals surface area contributed by atoms with Gasteiger partial charge >= 0.3 is 0 Å². The van der Waals surface area contributed by atoms with Crippen LogP contribution in [-0.4, -0.2) is 0 Å². The number of fused-ring (bicyclic) bond motifs is 3. The van der Waals surface area contributed by atoms with Crippen LogP contribution in [0.5, 0.6) is 0 Å². The van der Waals surface area contributed by atoms with Crippen LogP contribution in [0.1, 0.15) is 107 Å². The lowest BCUT2D eigenvalue weighted by Crippen LogP contribution is -2.37. The molecule has 0 saturated heterocycles. The molecule has 4 aliphatic rings. The summed E-state index contributed by atoms with van der Waals surface area (Å²) in [6, 6.07) is 0. The fourth-order valence-electron chi connectivity index (χ4n) is 3.99. The van der Waals surface area contributed by atoms with Gasteiger partial charge < -0.3 is 0 Å². The molecule has 0 atom stereocenters. The first kappa shape index (κ1) is 20.0. The lowest BCUT2D eigenvalue weighted by atomic mass is 9.55. The van der Waals surface area contributed by atoms with E-state index in [1.54, 1.807) is 0 Å². The zero-order valence-corrected chi connectivity index (χ0v) is 13.2. The summed E-state index contributed by atoms with van der Waals surface area (Å²) >= 11 is 0. The Balaban J connectivity index is 0.000000336. The van der Waals surface area contributed by atoms with Crippen LogP contribution in [0, 0.1) is 22.7 Å². The summed E-state index contributed by atoms with van der Waals surface area (Å²) < 4.78 is 0. The van der Waals surface area contributed by atoms with Crippen LogP contribution in [0.15, 0.2) is 0 Å². The van der Waals surface area contributed by atoms with Gasteiger partial charge in [-0.3, -0.25) is 0 Å². The van der Waals surface area contributed by atoms with E-state index in [0.29, 0.717) is 0 Å². The third kappa shape index (κ3) is 5.41. The Hall–Kier alpha value is 0. The standard InChI is InChI=1S/C10H18.C8H16.2CH4/c1-9-3-6-10(2,7-4-9)8-5-9;1-7-3-5-8(2)6-4-7;;/h3-8H2,1-2H3;7-8H,3-6H2,1-2H3;2*1H4. The summed E-state index contributed by atoms with van der Waals surface area (Å²) in [7, 11) is 0. The first-order chi connectivity index (χ1) is 8.41. The van der Waals surface area contributed by atoms with Gasteiger partial charge in [-0.1, -0.05) is 68.2 Å². The van der Waals surface area contributed by atoms with Crippen molar-refractivity contribution in [1.82, 2.24) is 0 Å². The molecule has 0 heterocycles. The summed E-state index contributed by atoms with van der Waals surface area (Å²) in [5.74, 6) is 2.04. The van der Waals surface area contributed by atoms with Gasteiger partial charge in [0.2, 0.25) is 0 Å². The third-order valence-electron chi connectivity index (χ3n) is 6.30. The predicted octanol–water partition coefficient (Wildman–Crippen LogP) is 7.47. The molecule has 0 amide bonds. The minimum atomic E-state index is 0. The summed E-state index contributed by atoms with van der Waals surface area (Å²) in [5.41, 5.74) is 1.52. The van der Waals surface area contributed by atoms with E-state index in [4.69, 9.17) is 0 Å². The summed E-state index contributed by atoms with van der Waals surface area (Å²) in [6.07, 6.45) is 14.9. The Labute approximate surface area is 130 Å². The van der Waals surface area contributed by atoms with Gasteiger partial charge in [-0.25, -0.2) is 0 Å². The molecule has 0 aromatic rings. The van der Waals surface area contributed by atoms with Gasteiger partial charge in [0.1, 0.15) is 0 Å². The topological polar surface area (TPSA) is 0 Å². The van der Waals surface area contributed by atoms with Gasteiger partial charge in [-0.05, 0) is 61.2 Å². The van der Waals surface area contributed by atoms with Crippen molar-refractivity contribution in [1.29, 1.82) is 0 Å². The third-order valence-corrected chi connectivity index (χ3v) is 6.30. The molecule has 0 aliphatic heterocycles. The van der Waals surface area contributed by atoms with Crippen molar-refractivity contribution >= 4 is 0 Å². The maximum absolute atomic E-state index is 2.48. The van der Waals surface area contributed by atoms with Gasteiger partial charge in [-0.2, -0.15) is 0 Å². The normalized spacial score (nSPS) is 42.6. The quantitative estimate of drug-likeness (QED) is 0.432. The highest BCUT2D eigenvalue weighted by atomic mass is 14.5. The van der Waals surface area contributed by atoms with Crippen molar-refractivity contribution < 1.29 is 0 Å². The number of hydrogen-bond donors (Lipinski definition) is 0. The van der Waals surface area contributed by atoms with Crippen LogP contribution in [0.4, 0.5) is 0 Å². The lowest BCUT2D eigenvalue weighted by Gasteiger charge is -2.50. The van der Waals surface area contributed by atoms with Crippen LogP contribution in [-0.2, 0) is 0 Å². The molecule has 0 nitrogen and oxygen atoms in total. The van der Waals surface area contributed by atoms with E-state index in [1.807, 2.05) is 0 Å². The molecule has 20 heavy (non-hydrogen) atoms. The molecule has 122 valence electrons. The molecule has 0 heteroatoms. The first-order valence-corrected chi connectivity index (χ1v) is 8.41. The van der Waals surface area contributed by atoms with Crippen molar-refractivity contribution in [3.63, 3.8) is 0 Å². The Kier molecular flexibility index (Phi) is 7.85. The molecule has 4 rings (SSSR count). The molecule has 0 radical (unpaired) electrons. The van der Waals surface area contributed by atoms with Crippen molar-refractivity contribution in [3.05, 3.63) is 0 Å². The van der Waals surface area contributed by atoms with Gasteiger partial charge in [-0.15, -0.1) is 0 Å². The van der Waals surface area contributed by atoms with Gasteiger partial charge in [0.25, 0.3) is 0 Å². The zero-order chi connectivity index (χ0) is 13.2. The highest BCUT2D eigenvalue weighted by Crippen LogP contribution is 2.56. The molecule has 0 aromatic heterocycles. The van der Waals surface area contributed by atoms with E-state index < -0.39 is 0 Å². The van der Waals surface area contributed by atoms with Crippen molar-refractivity contribution in [3.8, 4) is 0 Å². The largest absolute Gasteiger partial charge is 0.0776 e. The molecule has 4 fully saturated rings. The Morgan fingerprint density at radius 2 is 0.750 bits per heavy atom. The van der Waals surface area contributed by atoms with Crippen molar-refractivity contribution in [2.45, 2.75) is 107 Å². The zero-order valence-electron chi connectivity index (χ0n) is 13.2. The Morgan fingerprint density at radius 3 is 0.950 bits per heavy atom. The van der Waals surface area contributed by atoms with E-state index in [9.17, 15) is 0 Å². The lowest BCUT2D eigenvalue weighted by molar-refractivity contribution is 0.0164. The van der Waals surface area contributed by atoms with Crippen LogP contribution in [0.3, 0.4) is 0 Å². The second-order valence-electron chi connectivity index (χ2n) is 8.49. The minimum Gasteiger partial charge on any atom is -0.0776 e. The minimum absolute atomic E-state index is 0. The van der Waals surface area contributed by atoms with Crippen LogP contribution >= 0.6 is 0 Å². The van der Waals surface area contributed by atoms with E-state index in [1.165, 1.54) is 64.2 Å².